The van der Waals surface area contributed by atoms with E-state index in [1.165, 1.54) is 18.5 Å². The summed E-state index contributed by atoms with van der Waals surface area (Å²) in [5, 5.41) is 6.72. The molecule has 0 saturated carbocycles. The third-order valence-electron chi connectivity index (χ3n) is 6.95. The molecule has 0 spiro atoms. The molecule has 0 radical (unpaired) electrons. The molecule has 1 aliphatic heterocycles. The van der Waals surface area contributed by atoms with Crippen molar-refractivity contribution in [3.05, 3.63) is 71.0 Å². The Labute approximate surface area is 229 Å². The zero-order valence-electron chi connectivity index (χ0n) is 22.3. The number of hydrogen-bond donors (Lipinski definition) is 3. The Kier molecular flexibility index (Phi) is 7.28. The Morgan fingerprint density at radius 1 is 1.12 bits per heavy atom. The first-order valence-corrected chi connectivity index (χ1v) is 12.8. The van der Waals surface area contributed by atoms with Crippen molar-refractivity contribution >= 4 is 40.1 Å². The summed E-state index contributed by atoms with van der Waals surface area (Å²) in [5.41, 5.74) is 8.46. The fourth-order valence-electron chi connectivity index (χ4n) is 4.68. The largest absolute Gasteiger partial charge is 0.416 e. The number of hydrogen-bond acceptors (Lipinski definition) is 9. The fraction of sp³-hybridized carbons (Fsp3) is 0.321. The molecule has 2 aromatic heterocycles. The number of nitrogens with two attached hydrogens (primary N) is 1. The van der Waals surface area contributed by atoms with E-state index in [9.17, 15) is 18.0 Å². The van der Waals surface area contributed by atoms with E-state index >= 15 is 0 Å². The third-order valence-corrected chi connectivity index (χ3v) is 6.95. The third kappa shape index (κ3) is 5.67. The van der Waals surface area contributed by atoms with Crippen LogP contribution in [-0.2, 0) is 12.6 Å². The minimum Gasteiger partial charge on any atom is -0.382 e. The molecular weight excluding hydrogens is 521 g/mol. The van der Waals surface area contributed by atoms with Crippen LogP contribution in [0.15, 0.2) is 48.8 Å². The number of alkyl halides is 3. The van der Waals surface area contributed by atoms with Crippen LogP contribution in [0, 0.1) is 6.92 Å². The van der Waals surface area contributed by atoms with Gasteiger partial charge in [0.05, 0.1) is 5.56 Å². The van der Waals surface area contributed by atoms with Gasteiger partial charge in [0.1, 0.15) is 17.4 Å². The highest BCUT2D eigenvalue weighted by molar-refractivity contribution is 5.98. The van der Waals surface area contributed by atoms with Crippen LogP contribution >= 0.6 is 0 Å². The van der Waals surface area contributed by atoms with Crippen molar-refractivity contribution in [1.82, 2.24) is 25.3 Å². The van der Waals surface area contributed by atoms with Crippen molar-refractivity contribution in [3.63, 3.8) is 0 Å². The first kappa shape index (κ1) is 27.3. The molecule has 0 amide bonds. The number of carbonyl (C=O) groups is 1. The van der Waals surface area contributed by atoms with E-state index < -0.39 is 17.5 Å². The molecule has 1 fully saturated rings. The molecular formula is C28H29F3N8O. The Morgan fingerprint density at radius 2 is 1.93 bits per heavy atom. The number of rotatable bonds is 6. The Morgan fingerprint density at radius 3 is 2.70 bits per heavy atom. The molecule has 9 nitrogen and oxygen atoms in total. The molecule has 208 valence electrons. The number of benzene rings is 2. The summed E-state index contributed by atoms with van der Waals surface area (Å²) in [7, 11) is 0. The van der Waals surface area contributed by atoms with Gasteiger partial charge in [-0.2, -0.15) is 18.2 Å². The van der Waals surface area contributed by atoms with Gasteiger partial charge >= 0.3 is 6.18 Å². The fourth-order valence-corrected chi connectivity index (χ4v) is 4.68. The number of halogens is 3. The number of ketones is 1. The summed E-state index contributed by atoms with van der Waals surface area (Å²) in [6, 6.07) is 10.2. The second-order valence-electron chi connectivity index (χ2n) is 10.1. The average Bonchev–Trinajstić information content (AvgIpc) is 2.92. The molecule has 3 heterocycles. The van der Waals surface area contributed by atoms with E-state index in [0.717, 1.165) is 24.2 Å². The van der Waals surface area contributed by atoms with Crippen molar-refractivity contribution in [3.8, 4) is 0 Å². The Bertz CT molecular complexity index is 1580. The average molecular weight is 551 g/mol. The monoisotopic (exact) mass is 550 g/mol. The highest BCUT2D eigenvalue weighted by atomic mass is 19.4. The van der Waals surface area contributed by atoms with Gasteiger partial charge in [0, 0.05) is 42.8 Å². The number of nitrogens with one attached hydrogen (secondary N) is 2. The number of fused-ring (bicyclic) bond motifs is 1. The van der Waals surface area contributed by atoms with Crippen LogP contribution < -0.4 is 21.3 Å². The second kappa shape index (κ2) is 10.7. The van der Waals surface area contributed by atoms with Crippen molar-refractivity contribution < 1.29 is 18.0 Å². The smallest absolute Gasteiger partial charge is 0.382 e. The maximum absolute atomic E-state index is 13.1. The van der Waals surface area contributed by atoms with E-state index in [1.807, 2.05) is 13.0 Å². The van der Waals surface area contributed by atoms with Crippen LogP contribution in [0.1, 0.15) is 40.9 Å². The summed E-state index contributed by atoms with van der Waals surface area (Å²) in [6.45, 7) is 7.56. The minimum absolute atomic E-state index is 0.00266. The van der Waals surface area contributed by atoms with Gasteiger partial charge < -0.3 is 21.3 Å². The van der Waals surface area contributed by atoms with Gasteiger partial charge in [-0.1, -0.05) is 24.3 Å². The molecule has 0 unspecified atom stereocenters. The van der Waals surface area contributed by atoms with Crippen LogP contribution in [-0.4, -0.2) is 50.9 Å². The number of nitrogens with zero attached hydrogens (tertiary/aromatic N) is 5. The lowest BCUT2D eigenvalue weighted by Gasteiger charge is -2.37. The molecule has 0 bridgehead atoms. The number of nitrogen functional groups attached to an aromatic ring is 1. The molecule has 12 heteroatoms. The zero-order valence-corrected chi connectivity index (χ0v) is 22.3. The lowest BCUT2D eigenvalue weighted by molar-refractivity contribution is -0.137. The Hall–Kier alpha value is -4.32. The van der Waals surface area contributed by atoms with Gasteiger partial charge in [0.25, 0.3) is 0 Å². The molecule has 1 aliphatic rings. The van der Waals surface area contributed by atoms with Gasteiger partial charge in [0.2, 0.25) is 5.95 Å². The molecule has 4 N–H and O–H groups in total. The number of aromatic nitrogens is 4. The molecule has 0 aliphatic carbocycles. The van der Waals surface area contributed by atoms with Gasteiger partial charge in [-0.25, -0.2) is 15.0 Å². The maximum atomic E-state index is 13.1. The lowest BCUT2D eigenvalue weighted by atomic mass is 9.99. The standard InChI is InChI=1S/C28H29F3N8O/c1-15-7-8-18(10-22(40)19-5-4-6-20(11-19)28(29,30)31)9-21(15)36-26-24-23(34-14-35-26)25(32)38-27(37-24)39-13-16(2)33-12-17(39)3/h4-9,11,14,16-17,33H,10,12-13H2,1-3H3,(H2,32,37,38)(H,34,35,36)/t16-,17+/m0/s1. The van der Waals surface area contributed by atoms with Crippen molar-refractivity contribution in [1.29, 1.82) is 0 Å². The lowest BCUT2D eigenvalue weighted by Crippen LogP contribution is -2.55. The molecule has 2 aromatic carbocycles. The normalized spacial score (nSPS) is 17.7. The summed E-state index contributed by atoms with van der Waals surface area (Å²) < 4.78 is 39.3. The number of carbonyl (C=O) groups excluding carboxylic acids is 1. The molecule has 2 atom stereocenters. The summed E-state index contributed by atoms with van der Waals surface area (Å²) in [4.78, 5) is 32.9. The van der Waals surface area contributed by atoms with E-state index in [1.54, 1.807) is 12.1 Å². The van der Waals surface area contributed by atoms with Gasteiger partial charge in [-0.05, 0) is 50.1 Å². The predicted octanol–water partition coefficient (Wildman–Crippen LogP) is 4.68. The van der Waals surface area contributed by atoms with Crippen LogP contribution in [0.4, 0.5) is 36.4 Å². The van der Waals surface area contributed by atoms with Crippen LogP contribution in [0.3, 0.4) is 0 Å². The van der Waals surface area contributed by atoms with Crippen molar-refractivity contribution in [2.75, 3.05) is 29.0 Å². The second-order valence-corrected chi connectivity index (χ2v) is 10.1. The molecule has 1 saturated heterocycles. The number of piperazine rings is 1. The molecule has 4 aromatic rings. The number of Topliss-reactive ketones (excluding diaryl/α,β-unsaturated/α-hetero) is 1. The van der Waals surface area contributed by atoms with Gasteiger partial charge in [-0.15, -0.1) is 0 Å². The first-order valence-electron chi connectivity index (χ1n) is 12.8. The SMILES string of the molecule is Cc1ccc(CC(=O)c2cccc(C(F)(F)F)c2)cc1Nc1ncnc2c(N)nc(N3C[C@H](C)NC[C@H]3C)nc12. The Balaban J connectivity index is 1.44. The van der Waals surface area contributed by atoms with Crippen molar-refractivity contribution in [2.45, 2.75) is 45.5 Å². The van der Waals surface area contributed by atoms with Crippen molar-refractivity contribution in [2.24, 2.45) is 0 Å². The quantitative estimate of drug-likeness (QED) is 0.294. The first-order chi connectivity index (χ1) is 19.0. The summed E-state index contributed by atoms with van der Waals surface area (Å²) in [5.74, 6) is 0.723. The number of anilines is 4. The van der Waals surface area contributed by atoms with E-state index in [0.29, 0.717) is 40.6 Å². The minimum atomic E-state index is -4.52. The maximum Gasteiger partial charge on any atom is 0.416 e. The highest BCUT2D eigenvalue weighted by Gasteiger charge is 2.31. The van der Waals surface area contributed by atoms with E-state index in [2.05, 4.69) is 44.3 Å². The van der Waals surface area contributed by atoms with E-state index in [4.69, 9.17) is 10.7 Å². The molecule has 5 rings (SSSR count). The van der Waals surface area contributed by atoms with Gasteiger partial charge in [0.15, 0.2) is 17.4 Å². The number of aryl methyl sites for hydroxylation is 1. The summed E-state index contributed by atoms with van der Waals surface area (Å²) >= 11 is 0. The highest BCUT2D eigenvalue weighted by Crippen LogP contribution is 2.31. The van der Waals surface area contributed by atoms with Crippen LogP contribution in [0.2, 0.25) is 0 Å². The van der Waals surface area contributed by atoms with Crippen LogP contribution in [0.5, 0.6) is 0 Å². The van der Waals surface area contributed by atoms with Gasteiger partial charge in [-0.3, -0.25) is 4.79 Å². The topological polar surface area (TPSA) is 122 Å². The van der Waals surface area contributed by atoms with E-state index in [-0.39, 0.29) is 29.9 Å². The predicted molar refractivity (Wildman–Crippen MR) is 148 cm³/mol. The zero-order chi connectivity index (χ0) is 28.6. The molecule has 40 heavy (non-hydrogen) atoms. The summed E-state index contributed by atoms with van der Waals surface area (Å²) in [6.07, 6.45) is -3.22. The van der Waals surface area contributed by atoms with Crippen LogP contribution in [0.25, 0.3) is 11.0 Å².